The summed E-state index contributed by atoms with van der Waals surface area (Å²) in [6.07, 6.45) is 1.72. The van der Waals surface area contributed by atoms with Gasteiger partial charge in [0.2, 0.25) is 17.7 Å². The van der Waals surface area contributed by atoms with Gasteiger partial charge in [0.05, 0.1) is 0 Å². The molecule has 0 aliphatic rings. The van der Waals surface area contributed by atoms with Gasteiger partial charge in [-0.05, 0) is 44.0 Å². The predicted octanol–water partition coefficient (Wildman–Crippen LogP) is 4.01. The molecule has 0 fully saturated rings. The first-order chi connectivity index (χ1) is 14.2. The van der Waals surface area contributed by atoms with Crippen molar-refractivity contribution in [2.24, 2.45) is 0 Å². The number of hydrogen-bond donors (Lipinski definition) is 1. The van der Waals surface area contributed by atoms with Crippen molar-refractivity contribution < 1.29 is 9.21 Å². The molecule has 6 nitrogen and oxygen atoms in total. The SMILES string of the molecule is CCN(CCNC(=O)CCCc1nnc(-c2ccccc2)o1)c1ccccc1C. The van der Waals surface area contributed by atoms with Gasteiger partial charge in [-0.1, -0.05) is 36.4 Å². The van der Waals surface area contributed by atoms with Crippen molar-refractivity contribution in [3.05, 3.63) is 66.1 Å². The smallest absolute Gasteiger partial charge is 0.247 e. The molecule has 0 bridgehead atoms. The van der Waals surface area contributed by atoms with E-state index in [1.54, 1.807) is 0 Å². The van der Waals surface area contributed by atoms with E-state index in [9.17, 15) is 4.79 Å². The Kier molecular flexibility index (Phi) is 7.39. The summed E-state index contributed by atoms with van der Waals surface area (Å²) in [6, 6.07) is 18.0. The first-order valence-corrected chi connectivity index (χ1v) is 10.1. The number of likely N-dealkylation sites (N-methyl/N-ethyl adjacent to an activating group) is 1. The van der Waals surface area contributed by atoms with E-state index in [0.717, 1.165) is 18.7 Å². The predicted molar refractivity (Wildman–Crippen MR) is 115 cm³/mol. The van der Waals surface area contributed by atoms with Gasteiger partial charge in [-0.2, -0.15) is 0 Å². The van der Waals surface area contributed by atoms with E-state index >= 15 is 0 Å². The highest BCUT2D eigenvalue weighted by molar-refractivity contribution is 5.75. The van der Waals surface area contributed by atoms with Gasteiger partial charge < -0.3 is 14.6 Å². The Labute approximate surface area is 172 Å². The molecule has 1 amide bonds. The number of hydrogen-bond acceptors (Lipinski definition) is 5. The number of carbonyl (C=O) groups is 1. The fourth-order valence-corrected chi connectivity index (χ4v) is 3.24. The minimum Gasteiger partial charge on any atom is -0.421 e. The van der Waals surface area contributed by atoms with E-state index in [4.69, 9.17) is 4.42 Å². The third-order valence-electron chi connectivity index (χ3n) is 4.82. The van der Waals surface area contributed by atoms with Crippen LogP contribution < -0.4 is 10.2 Å². The van der Waals surface area contributed by atoms with Crippen molar-refractivity contribution in [3.8, 4) is 11.5 Å². The zero-order chi connectivity index (χ0) is 20.5. The number of benzene rings is 2. The molecule has 3 rings (SSSR count). The molecule has 152 valence electrons. The lowest BCUT2D eigenvalue weighted by atomic mass is 10.2. The maximum absolute atomic E-state index is 12.1. The zero-order valence-corrected chi connectivity index (χ0v) is 17.1. The summed E-state index contributed by atoms with van der Waals surface area (Å²) in [5, 5.41) is 11.2. The number of anilines is 1. The van der Waals surface area contributed by atoms with Crippen LogP contribution in [-0.2, 0) is 11.2 Å². The molecule has 2 aromatic carbocycles. The van der Waals surface area contributed by atoms with Crippen molar-refractivity contribution in [1.82, 2.24) is 15.5 Å². The van der Waals surface area contributed by atoms with Crippen molar-refractivity contribution in [3.63, 3.8) is 0 Å². The summed E-state index contributed by atoms with van der Waals surface area (Å²) in [4.78, 5) is 14.4. The molecule has 1 N–H and O–H groups in total. The highest BCUT2D eigenvalue weighted by Gasteiger charge is 2.10. The Morgan fingerprint density at radius 3 is 2.59 bits per heavy atom. The zero-order valence-electron chi connectivity index (χ0n) is 17.1. The normalized spacial score (nSPS) is 10.7. The molecule has 0 saturated carbocycles. The highest BCUT2D eigenvalue weighted by Crippen LogP contribution is 2.19. The Bertz CT molecular complexity index is 908. The van der Waals surface area contributed by atoms with Crippen LogP contribution in [0.25, 0.3) is 11.5 Å². The highest BCUT2D eigenvalue weighted by atomic mass is 16.4. The van der Waals surface area contributed by atoms with Crippen LogP contribution in [0.3, 0.4) is 0 Å². The topological polar surface area (TPSA) is 71.3 Å². The van der Waals surface area contributed by atoms with Gasteiger partial charge in [-0.3, -0.25) is 4.79 Å². The number of para-hydroxylation sites is 1. The first-order valence-electron chi connectivity index (χ1n) is 10.1. The molecule has 29 heavy (non-hydrogen) atoms. The molecule has 0 saturated heterocycles. The van der Waals surface area contributed by atoms with Gasteiger partial charge in [0, 0.05) is 43.7 Å². The first kappa shape index (κ1) is 20.6. The Hall–Kier alpha value is -3.15. The lowest BCUT2D eigenvalue weighted by molar-refractivity contribution is -0.121. The van der Waals surface area contributed by atoms with Gasteiger partial charge in [-0.25, -0.2) is 0 Å². The summed E-state index contributed by atoms with van der Waals surface area (Å²) in [5.74, 6) is 1.13. The molecule has 0 aliphatic carbocycles. The minimum absolute atomic E-state index is 0.0497. The summed E-state index contributed by atoms with van der Waals surface area (Å²) in [5.41, 5.74) is 3.36. The van der Waals surface area contributed by atoms with E-state index < -0.39 is 0 Å². The molecule has 0 spiro atoms. The van der Waals surface area contributed by atoms with Gasteiger partial charge >= 0.3 is 0 Å². The van der Waals surface area contributed by atoms with Crippen LogP contribution in [0.5, 0.6) is 0 Å². The Balaban J connectivity index is 1.38. The van der Waals surface area contributed by atoms with E-state index in [-0.39, 0.29) is 5.91 Å². The van der Waals surface area contributed by atoms with E-state index in [1.165, 1.54) is 11.3 Å². The third-order valence-corrected chi connectivity index (χ3v) is 4.82. The van der Waals surface area contributed by atoms with Gasteiger partial charge in [-0.15, -0.1) is 10.2 Å². The monoisotopic (exact) mass is 392 g/mol. The third kappa shape index (κ3) is 5.91. The number of aromatic nitrogens is 2. The fraction of sp³-hybridized carbons (Fsp3) is 0.348. The summed E-state index contributed by atoms with van der Waals surface area (Å²) in [6.45, 7) is 6.55. The molecule has 6 heteroatoms. The molecule has 0 aliphatic heterocycles. The second-order valence-electron chi connectivity index (χ2n) is 6.94. The average molecular weight is 393 g/mol. The maximum atomic E-state index is 12.1. The van der Waals surface area contributed by atoms with E-state index in [2.05, 4.69) is 46.4 Å². The van der Waals surface area contributed by atoms with Crippen molar-refractivity contribution in [1.29, 1.82) is 0 Å². The maximum Gasteiger partial charge on any atom is 0.247 e. The number of aryl methyl sites for hydroxylation is 2. The van der Waals surface area contributed by atoms with Crippen LogP contribution in [0.15, 0.2) is 59.0 Å². The van der Waals surface area contributed by atoms with Crippen LogP contribution in [0.1, 0.15) is 31.2 Å². The molecule has 0 unspecified atom stereocenters. The Morgan fingerprint density at radius 1 is 1.07 bits per heavy atom. The molecular formula is C23H28N4O2. The van der Waals surface area contributed by atoms with Crippen molar-refractivity contribution in [2.75, 3.05) is 24.5 Å². The standard InChI is InChI=1S/C23H28N4O2/c1-3-27(20-13-8-7-10-18(20)2)17-16-24-21(28)14-9-15-22-25-26-23(29-22)19-11-5-4-6-12-19/h4-8,10-13H,3,9,14-17H2,1-2H3,(H,24,28). The number of rotatable bonds is 10. The largest absolute Gasteiger partial charge is 0.421 e. The number of carbonyl (C=O) groups excluding carboxylic acids is 1. The van der Waals surface area contributed by atoms with Crippen LogP contribution in [0.4, 0.5) is 5.69 Å². The second kappa shape index (κ2) is 10.4. The Morgan fingerprint density at radius 2 is 1.83 bits per heavy atom. The molecule has 3 aromatic rings. The van der Waals surface area contributed by atoms with E-state index in [0.29, 0.717) is 37.6 Å². The summed E-state index contributed by atoms with van der Waals surface area (Å²) < 4.78 is 5.68. The molecular weight excluding hydrogens is 364 g/mol. The van der Waals surface area contributed by atoms with Gasteiger partial charge in [0.15, 0.2) is 0 Å². The van der Waals surface area contributed by atoms with Gasteiger partial charge in [0.1, 0.15) is 0 Å². The number of amides is 1. The van der Waals surface area contributed by atoms with Crippen LogP contribution in [0, 0.1) is 6.92 Å². The minimum atomic E-state index is 0.0497. The van der Waals surface area contributed by atoms with Gasteiger partial charge in [0.25, 0.3) is 0 Å². The quantitative estimate of drug-likeness (QED) is 0.564. The lowest BCUT2D eigenvalue weighted by Gasteiger charge is -2.25. The summed E-state index contributed by atoms with van der Waals surface area (Å²) >= 11 is 0. The second-order valence-corrected chi connectivity index (χ2v) is 6.94. The fourth-order valence-electron chi connectivity index (χ4n) is 3.24. The molecule has 1 heterocycles. The van der Waals surface area contributed by atoms with Crippen LogP contribution >= 0.6 is 0 Å². The van der Waals surface area contributed by atoms with Crippen LogP contribution in [-0.4, -0.2) is 35.7 Å². The van der Waals surface area contributed by atoms with E-state index in [1.807, 2.05) is 42.5 Å². The molecule has 1 aromatic heterocycles. The number of nitrogens with one attached hydrogen (secondary N) is 1. The lowest BCUT2D eigenvalue weighted by Crippen LogP contribution is -2.35. The average Bonchev–Trinajstić information content (AvgIpc) is 3.22. The molecule has 0 radical (unpaired) electrons. The van der Waals surface area contributed by atoms with Crippen LogP contribution in [0.2, 0.25) is 0 Å². The van der Waals surface area contributed by atoms with Crippen molar-refractivity contribution in [2.45, 2.75) is 33.1 Å². The van der Waals surface area contributed by atoms with Crippen molar-refractivity contribution >= 4 is 11.6 Å². The summed E-state index contributed by atoms with van der Waals surface area (Å²) in [7, 11) is 0. The molecule has 0 atom stereocenters. The number of nitrogens with zero attached hydrogens (tertiary/aromatic N) is 3.